The van der Waals surface area contributed by atoms with Crippen molar-refractivity contribution in [2.45, 2.75) is 32.7 Å². The average molecular weight is 308 g/mol. The third-order valence-electron chi connectivity index (χ3n) is 4.12. The first-order valence-electron chi connectivity index (χ1n) is 7.88. The topological polar surface area (TPSA) is 49.4 Å². The Morgan fingerprint density at radius 2 is 1.91 bits per heavy atom. The zero-order chi connectivity index (χ0) is 16.4. The van der Waals surface area contributed by atoms with Crippen molar-refractivity contribution in [3.05, 3.63) is 59.7 Å². The van der Waals surface area contributed by atoms with Gasteiger partial charge in [0, 0.05) is 5.69 Å². The number of carbonyl (C=O) groups is 2. The van der Waals surface area contributed by atoms with Crippen LogP contribution in [0.15, 0.2) is 48.5 Å². The number of carbonyl (C=O) groups excluding carboxylic acids is 2. The van der Waals surface area contributed by atoms with Crippen molar-refractivity contribution in [3.63, 3.8) is 0 Å². The van der Waals surface area contributed by atoms with E-state index < -0.39 is 6.04 Å². The van der Waals surface area contributed by atoms with E-state index in [1.807, 2.05) is 62.4 Å². The molecule has 23 heavy (non-hydrogen) atoms. The molecule has 1 aliphatic heterocycles. The van der Waals surface area contributed by atoms with Gasteiger partial charge >= 0.3 is 0 Å². The Balaban J connectivity index is 1.85. The van der Waals surface area contributed by atoms with Crippen LogP contribution in [0.2, 0.25) is 0 Å². The molecule has 1 aliphatic rings. The van der Waals surface area contributed by atoms with Gasteiger partial charge in [0.25, 0.3) is 5.91 Å². The van der Waals surface area contributed by atoms with Crippen molar-refractivity contribution < 1.29 is 9.59 Å². The van der Waals surface area contributed by atoms with Crippen LogP contribution in [0.1, 0.15) is 24.5 Å². The van der Waals surface area contributed by atoms with E-state index >= 15 is 0 Å². The lowest BCUT2D eigenvalue weighted by Crippen LogP contribution is -2.35. The highest BCUT2D eigenvalue weighted by atomic mass is 16.2. The predicted molar refractivity (Wildman–Crippen MR) is 91.5 cm³/mol. The van der Waals surface area contributed by atoms with Gasteiger partial charge in [0.15, 0.2) is 0 Å². The molecule has 0 unspecified atom stereocenters. The maximum atomic E-state index is 12.7. The Bertz CT molecular complexity index is 755. The summed E-state index contributed by atoms with van der Waals surface area (Å²) in [5, 5.41) is 3.19. The number of anilines is 2. The summed E-state index contributed by atoms with van der Waals surface area (Å²) < 4.78 is 0. The van der Waals surface area contributed by atoms with E-state index in [0.29, 0.717) is 5.69 Å². The standard InChI is InChI=1S/C19H20N2O2/c1-3-14-8-4-5-10-17(14)21-18(22)12-16(19(21)23)20-15-9-6-7-13(2)11-15/h4-11,16,20H,3,12H2,1-2H3/t16-/m1/s1. The molecular weight excluding hydrogens is 288 g/mol. The smallest absolute Gasteiger partial charge is 0.256 e. The molecule has 118 valence electrons. The molecule has 1 N–H and O–H groups in total. The third kappa shape index (κ3) is 2.97. The van der Waals surface area contributed by atoms with Gasteiger partial charge in [-0.15, -0.1) is 0 Å². The zero-order valence-electron chi connectivity index (χ0n) is 13.4. The van der Waals surface area contributed by atoms with Crippen LogP contribution in [0, 0.1) is 6.92 Å². The number of nitrogens with one attached hydrogen (secondary N) is 1. The minimum absolute atomic E-state index is 0.152. The van der Waals surface area contributed by atoms with Crippen LogP contribution in [0.3, 0.4) is 0 Å². The van der Waals surface area contributed by atoms with Crippen LogP contribution >= 0.6 is 0 Å². The van der Waals surface area contributed by atoms with Gasteiger partial charge in [-0.3, -0.25) is 9.59 Å². The molecule has 1 atom stereocenters. The Morgan fingerprint density at radius 1 is 1.13 bits per heavy atom. The molecule has 3 rings (SSSR count). The Hall–Kier alpha value is -2.62. The summed E-state index contributed by atoms with van der Waals surface area (Å²) in [4.78, 5) is 26.4. The van der Waals surface area contributed by atoms with Gasteiger partial charge in [-0.1, -0.05) is 37.3 Å². The minimum atomic E-state index is -0.505. The summed E-state index contributed by atoms with van der Waals surface area (Å²) >= 11 is 0. The molecule has 0 spiro atoms. The van der Waals surface area contributed by atoms with E-state index in [4.69, 9.17) is 0 Å². The monoisotopic (exact) mass is 308 g/mol. The van der Waals surface area contributed by atoms with E-state index in [0.717, 1.165) is 23.2 Å². The molecule has 1 fully saturated rings. The zero-order valence-corrected chi connectivity index (χ0v) is 13.4. The second kappa shape index (κ2) is 6.24. The highest BCUT2D eigenvalue weighted by Gasteiger charge is 2.40. The van der Waals surface area contributed by atoms with Gasteiger partial charge in [0.1, 0.15) is 6.04 Å². The number of aryl methyl sites for hydroxylation is 2. The van der Waals surface area contributed by atoms with Crippen LogP contribution in [-0.2, 0) is 16.0 Å². The van der Waals surface area contributed by atoms with E-state index in [1.165, 1.54) is 4.90 Å². The summed E-state index contributed by atoms with van der Waals surface area (Å²) in [6, 6.07) is 14.9. The number of nitrogens with zero attached hydrogens (tertiary/aromatic N) is 1. The summed E-state index contributed by atoms with van der Waals surface area (Å²) in [6.45, 7) is 4.02. The summed E-state index contributed by atoms with van der Waals surface area (Å²) in [6.07, 6.45) is 0.966. The lowest BCUT2D eigenvalue weighted by Gasteiger charge is -2.19. The SMILES string of the molecule is CCc1ccccc1N1C(=O)C[C@@H](Nc2cccc(C)c2)C1=O. The maximum absolute atomic E-state index is 12.7. The van der Waals surface area contributed by atoms with E-state index in [2.05, 4.69) is 5.32 Å². The van der Waals surface area contributed by atoms with E-state index in [-0.39, 0.29) is 18.2 Å². The molecule has 1 saturated heterocycles. The molecule has 2 aromatic rings. The maximum Gasteiger partial charge on any atom is 0.256 e. The molecule has 0 saturated carbocycles. The molecule has 0 aliphatic carbocycles. The molecule has 2 amide bonds. The Labute approximate surface area is 136 Å². The number of para-hydroxylation sites is 1. The van der Waals surface area contributed by atoms with Gasteiger partial charge in [0.05, 0.1) is 12.1 Å². The second-order valence-corrected chi connectivity index (χ2v) is 5.82. The normalized spacial score (nSPS) is 17.7. The number of hydrogen-bond donors (Lipinski definition) is 1. The van der Waals surface area contributed by atoms with Crippen molar-refractivity contribution in [1.29, 1.82) is 0 Å². The quantitative estimate of drug-likeness (QED) is 0.882. The molecule has 0 bridgehead atoms. The van der Waals surface area contributed by atoms with Crippen molar-refractivity contribution in [2.24, 2.45) is 0 Å². The van der Waals surface area contributed by atoms with Gasteiger partial charge < -0.3 is 5.32 Å². The van der Waals surface area contributed by atoms with Gasteiger partial charge in [-0.25, -0.2) is 4.90 Å². The number of rotatable bonds is 4. The highest BCUT2D eigenvalue weighted by Crippen LogP contribution is 2.28. The Morgan fingerprint density at radius 3 is 2.65 bits per heavy atom. The highest BCUT2D eigenvalue weighted by molar-refractivity contribution is 6.23. The van der Waals surface area contributed by atoms with Crippen molar-refractivity contribution in [3.8, 4) is 0 Å². The number of amides is 2. The van der Waals surface area contributed by atoms with Gasteiger partial charge in [-0.05, 0) is 42.7 Å². The van der Waals surface area contributed by atoms with Crippen molar-refractivity contribution in [2.75, 3.05) is 10.2 Å². The van der Waals surface area contributed by atoms with Crippen LogP contribution in [0.25, 0.3) is 0 Å². The molecule has 2 aromatic carbocycles. The van der Waals surface area contributed by atoms with Crippen LogP contribution in [0.5, 0.6) is 0 Å². The largest absolute Gasteiger partial charge is 0.373 e. The lowest BCUT2D eigenvalue weighted by atomic mass is 10.1. The molecule has 1 heterocycles. The summed E-state index contributed by atoms with van der Waals surface area (Å²) in [5.74, 6) is -0.335. The first-order chi connectivity index (χ1) is 11.1. The fourth-order valence-corrected chi connectivity index (χ4v) is 2.96. The molecule has 4 nitrogen and oxygen atoms in total. The fraction of sp³-hybridized carbons (Fsp3) is 0.263. The molecule has 0 radical (unpaired) electrons. The van der Waals surface area contributed by atoms with Gasteiger partial charge in [-0.2, -0.15) is 0 Å². The number of benzene rings is 2. The lowest BCUT2D eigenvalue weighted by molar-refractivity contribution is -0.121. The van der Waals surface area contributed by atoms with E-state index in [1.54, 1.807) is 0 Å². The average Bonchev–Trinajstić information content (AvgIpc) is 2.81. The first kappa shape index (κ1) is 15.3. The first-order valence-corrected chi connectivity index (χ1v) is 7.88. The summed E-state index contributed by atoms with van der Waals surface area (Å²) in [7, 11) is 0. The van der Waals surface area contributed by atoms with Crippen LogP contribution in [-0.4, -0.2) is 17.9 Å². The Kier molecular flexibility index (Phi) is 4.15. The van der Waals surface area contributed by atoms with Crippen LogP contribution < -0.4 is 10.2 Å². The summed E-state index contributed by atoms with van der Waals surface area (Å²) in [5.41, 5.74) is 3.69. The fourth-order valence-electron chi connectivity index (χ4n) is 2.96. The van der Waals surface area contributed by atoms with Gasteiger partial charge in [0.2, 0.25) is 5.91 Å². The second-order valence-electron chi connectivity index (χ2n) is 5.82. The molecule has 0 aromatic heterocycles. The van der Waals surface area contributed by atoms with E-state index in [9.17, 15) is 9.59 Å². The van der Waals surface area contributed by atoms with Crippen molar-refractivity contribution in [1.82, 2.24) is 0 Å². The number of imide groups is 1. The van der Waals surface area contributed by atoms with Crippen LogP contribution in [0.4, 0.5) is 11.4 Å². The molecular formula is C19H20N2O2. The predicted octanol–water partition coefficient (Wildman–Crippen LogP) is 3.30. The third-order valence-corrected chi connectivity index (χ3v) is 4.12. The van der Waals surface area contributed by atoms with Crippen molar-refractivity contribution >= 4 is 23.2 Å². The minimum Gasteiger partial charge on any atom is -0.373 e. The number of hydrogen-bond acceptors (Lipinski definition) is 3. The molecule has 4 heteroatoms.